The van der Waals surface area contributed by atoms with Gasteiger partial charge in [0.15, 0.2) is 11.5 Å². The Kier molecular flexibility index (Phi) is 7.23. The molecular formula is C34H48N2O8. The molecule has 2 unspecified atom stereocenters. The molecule has 44 heavy (non-hydrogen) atoms. The third kappa shape index (κ3) is 4.05. The molecule has 4 bridgehead atoms. The maximum absolute atomic E-state index is 13.1. The molecule has 1 saturated heterocycles. The van der Waals surface area contributed by atoms with Crippen molar-refractivity contribution in [3.05, 3.63) is 23.3 Å². The second kappa shape index (κ2) is 10.2. The number of rotatable bonds is 9. The fourth-order valence-electron chi connectivity index (χ4n) is 9.74. The molecule has 8 atom stereocenters. The van der Waals surface area contributed by atoms with Crippen molar-refractivity contribution < 1.29 is 38.8 Å². The van der Waals surface area contributed by atoms with Crippen molar-refractivity contribution in [1.29, 1.82) is 0 Å². The average molecular weight is 613 g/mol. The molecule has 6 aliphatic rings. The van der Waals surface area contributed by atoms with Gasteiger partial charge in [0, 0.05) is 41.9 Å². The molecule has 3 saturated carbocycles. The van der Waals surface area contributed by atoms with Crippen LogP contribution in [0.15, 0.2) is 12.1 Å². The molecule has 1 aromatic carbocycles. The summed E-state index contributed by atoms with van der Waals surface area (Å²) in [5.74, 6) is -1.76. The largest absolute Gasteiger partial charge is 0.482 e. The van der Waals surface area contributed by atoms with Crippen LogP contribution in [0.5, 0.6) is 11.5 Å². The summed E-state index contributed by atoms with van der Waals surface area (Å²) in [6.07, 6.45) is 3.50. The van der Waals surface area contributed by atoms with E-state index in [2.05, 4.69) is 31.4 Å². The highest BCUT2D eigenvalue weighted by atomic mass is 16.6. The molecule has 1 amide bonds. The van der Waals surface area contributed by atoms with Gasteiger partial charge in [0.1, 0.15) is 17.7 Å². The first-order valence-electron chi connectivity index (χ1n) is 16.1. The molecular weight excluding hydrogens is 564 g/mol. The van der Waals surface area contributed by atoms with Crippen LogP contribution in [0.25, 0.3) is 0 Å². The number of hydrogen-bond acceptors (Lipinski definition) is 8. The second-order valence-electron chi connectivity index (χ2n) is 15.4. The summed E-state index contributed by atoms with van der Waals surface area (Å²) >= 11 is 0. The van der Waals surface area contributed by atoms with Gasteiger partial charge in [0.25, 0.3) is 0 Å². The van der Waals surface area contributed by atoms with E-state index in [1.54, 1.807) is 27.0 Å². The first-order valence-corrected chi connectivity index (χ1v) is 16.1. The summed E-state index contributed by atoms with van der Waals surface area (Å²) in [6, 6.07) is 3.04. The maximum atomic E-state index is 13.1. The molecule has 0 radical (unpaired) electrons. The lowest BCUT2D eigenvalue weighted by Gasteiger charge is -2.74. The van der Waals surface area contributed by atoms with Crippen LogP contribution in [0.2, 0.25) is 0 Å². The summed E-state index contributed by atoms with van der Waals surface area (Å²) in [6.45, 7) is 12.5. The Morgan fingerprint density at radius 3 is 2.50 bits per heavy atom. The van der Waals surface area contributed by atoms with Gasteiger partial charge in [-0.2, -0.15) is 0 Å². The number of amides is 1. The number of benzene rings is 1. The maximum Gasteiger partial charge on any atom is 0.326 e. The molecule has 242 valence electrons. The number of ether oxygens (including phenoxy) is 3. The second-order valence-corrected chi connectivity index (χ2v) is 15.4. The number of carboxylic acids is 1. The normalized spacial score (nSPS) is 34.9. The van der Waals surface area contributed by atoms with Crippen molar-refractivity contribution in [3.8, 4) is 11.5 Å². The van der Waals surface area contributed by atoms with E-state index in [9.17, 15) is 24.6 Å². The van der Waals surface area contributed by atoms with Crippen LogP contribution in [-0.4, -0.2) is 71.1 Å². The molecule has 4 fully saturated rings. The molecule has 0 aromatic heterocycles. The molecule has 2 aliphatic heterocycles. The number of hydrogen-bond donors (Lipinski definition) is 4. The zero-order valence-corrected chi connectivity index (χ0v) is 27.0. The lowest BCUT2D eigenvalue weighted by atomic mass is 9.33. The fraction of sp³-hybridized carbons (Fsp3) is 0.735. The van der Waals surface area contributed by atoms with Crippen molar-refractivity contribution in [2.24, 2.45) is 22.7 Å². The summed E-state index contributed by atoms with van der Waals surface area (Å²) < 4.78 is 19.5. The smallest absolute Gasteiger partial charge is 0.326 e. The van der Waals surface area contributed by atoms with Gasteiger partial charge in [-0.1, -0.05) is 40.7 Å². The number of fused-ring (bicyclic) bond motifs is 2. The number of carbonyl (C=O) groups excluding carboxylic acids is 2. The number of carboxylic acid groups (broad SMARTS) is 1. The van der Waals surface area contributed by atoms with Gasteiger partial charge < -0.3 is 35.1 Å². The predicted octanol–water partition coefficient (Wildman–Crippen LogP) is 3.50. The van der Waals surface area contributed by atoms with Gasteiger partial charge >= 0.3 is 11.9 Å². The summed E-state index contributed by atoms with van der Waals surface area (Å²) in [5, 5.41) is 27.9. The predicted molar refractivity (Wildman–Crippen MR) is 162 cm³/mol. The highest BCUT2D eigenvalue weighted by Crippen LogP contribution is 2.77. The van der Waals surface area contributed by atoms with E-state index >= 15 is 0 Å². The SMILES string of the molecule is COC12CC[C@@]3(C[C@@H]1[C@@](C)(O)C(C)(C)C)[C@H]1Cc4ccc(OC(=O)CCC(=O)NC(C(=O)O)C(C)C)c5c4[C@@]3(CCN1)[C@H]2O5. The fourth-order valence-corrected chi connectivity index (χ4v) is 9.74. The molecule has 1 aromatic rings. The van der Waals surface area contributed by atoms with Gasteiger partial charge in [-0.15, -0.1) is 0 Å². The Balaban J connectivity index is 1.33. The molecule has 10 heteroatoms. The van der Waals surface area contributed by atoms with Crippen molar-refractivity contribution in [2.45, 2.75) is 121 Å². The van der Waals surface area contributed by atoms with Crippen LogP contribution in [0.1, 0.15) is 91.2 Å². The van der Waals surface area contributed by atoms with Crippen LogP contribution < -0.4 is 20.1 Å². The van der Waals surface area contributed by atoms with Crippen LogP contribution in [0.4, 0.5) is 0 Å². The summed E-state index contributed by atoms with van der Waals surface area (Å²) in [7, 11) is 1.75. The number of aliphatic hydroxyl groups is 1. The molecule has 2 heterocycles. The topological polar surface area (TPSA) is 143 Å². The number of carbonyl (C=O) groups is 3. The van der Waals surface area contributed by atoms with E-state index in [0.717, 1.165) is 44.2 Å². The number of piperidine rings is 1. The van der Waals surface area contributed by atoms with Gasteiger partial charge in [0.05, 0.1) is 12.0 Å². The Bertz CT molecular complexity index is 1380. The molecule has 4 aliphatic carbocycles. The van der Waals surface area contributed by atoms with Crippen molar-refractivity contribution >= 4 is 17.8 Å². The lowest BCUT2D eigenvalue weighted by Crippen LogP contribution is -2.83. The van der Waals surface area contributed by atoms with Gasteiger partial charge in [-0.25, -0.2) is 4.79 Å². The van der Waals surface area contributed by atoms with Crippen LogP contribution in [0.3, 0.4) is 0 Å². The first-order chi connectivity index (χ1) is 20.6. The van der Waals surface area contributed by atoms with E-state index < -0.39 is 40.5 Å². The lowest BCUT2D eigenvalue weighted by molar-refractivity contribution is -0.303. The average Bonchev–Trinajstić information content (AvgIpc) is 3.31. The van der Waals surface area contributed by atoms with E-state index in [1.165, 1.54) is 5.56 Å². The number of aliphatic carboxylic acids is 1. The quantitative estimate of drug-likeness (QED) is 0.243. The highest BCUT2D eigenvalue weighted by Gasteiger charge is 2.81. The Labute approximate surface area is 259 Å². The van der Waals surface area contributed by atoms with Crippen LogP contribution >= 0.6 is 0 Å². The van der Waals surface area contributed by atoms with E-state index in [4.69, 9.17) is 14.2 Å². The molecule has 7 rings (SSSR count). The molecule has 4 N–H and O–H groups in total. The van der Waals surface area contributed by atoms with E-state index in [1.807, 2.05) is 13.0 Å². The third-order valence-corrected chi connectivity index (χ3v) is 12.4. The minimum atomic E-state index is -1.11. The zero-order valence-electron chi connectivity index (χ0n) is 27.0. The summed E-state index contributed by atoms with van der Waals surface area (Å²) in [4.78, 5) is 37.0. The zero-order chi connectivity index (χ0) is 32.0. The van der Waals surface area contributed by atoms with Gasteiger partial charge in [-0.3, -0.25) is 9.59 Å². The Morgan fingerprint density at radius 2 is 1.86 bits per heavy atom. The van der Waals surface area contributed by atoms with E-state index in [0.29, 0.717) is 11.5 Å². The van der Waals surface area contributed by atoms with Gasteiger partial charge in [0.2, 0.25) is 5.91 Å². The number of nitrogens with one attached hydrogen (secondary N) is 2. The Hall–Kier alpha value is -2.69. The van der Waals surface area contributed by atoms with Crippen molar-refractivity contribution in [3.63, 3.8) is 0 Å². The van der Waals surface area contributed by atoms with Crippen molar-refractivity contribution in [1.82, 2.24) is 10.6 Å². The number of methoxy groups -OCH3 is 1. The minimum Gasteiger partial charge on any atom is -0.482 e. The van der Waals surface area contributed by atoms with E-state index in [-0.39, 0.29) is 47.7 Å². The monoisotopic (exact) mass is 612 g/mol. The molecule has 2 spiro atoms. The van der Waals surface area contributed by atoms with Gasteiger partial charge in [-0.05, 0) is 68.5 Å². The number of esters is 1. The highest BCUT2D eigenvalue weighted by molar-refractivity contribution is 5.86. The first kappa shape index (κ1) is 31.3. The van der Waals surface area contributed by atoms with Crippen LogP contribution in [0, 0.1) is 22.7 Å². The van der Waals surface area contributed by atoms with Crippen molar-refractivity contribution in [2.75, 3.05) is 13.7 Å². The summed E-state index contributed by atoms with van der Waals surface area (Å²) in [5.41, 5.74) is -0.331. The third-order valence-electron chi connectivity index (χ3n) is 12.4. The minimum absolute atomic E-state index is 0.147. The standard InChI is InChI=1S/C34H48N2O8/c1-18(2)26(28(39)40)36-23(37)10-11-24(38)43-20-9-8-19-16-22-32-12-13-34(42-7,21(17-32)31(6,41)30(3,4)5)29-33(32,14-15-35-22)25(19)27(20)44-29/h8-9,18,21-22,26,29,35,41H,10-17H2,1-7H3,(H,36,37)(H,39,40)/t21-,22-,26?,29-,31-,32-,33+,34?/m1/s1. The Morgan fingerprint density at radius 1 is 1.14 bits per heavy atom. The van der Waals surface area contributed by atoms with Crippen LogP contribution in [-0.2, 0) is 31.0 Å². The molecule has 10 nitrogen and oxygen atoms in total.